The Labute approximate surface area is 136 Å². The van der Waals surface area contributed by atoms with Gasteiger partial charge in [-0.15, -0.1) is 23.7 Å². The number of nitrogens with two attached hydrogens (primary N) is 1. The number of rotatable bonds is 8. The molecule has 0 aromatic carbocycles. The van der Waals surface area contributed by atoms with Gasteiger partial charge in [-0.05, 0) is 30.2 Å². The predicted molar refractivity (Wildman–Crippen MR) is 89.0 cm³/mol. The van der Waals surface area contributed by atoms with Gasteiger partial charge in [0.05, 0.1) is 10.9 Å². The van der Waals surface area contributed by atoms with E-state index in [0.717, 1.165) is 0 Å². The van der Waals surface area contributed by atoms with Gasteiger partial charge in [0.1, 0.15) is 0 Å². The highest BCUT2D eigenvalue weighted by Crippen LogP contribution is 2.07. The van der Waals surface area contributed by atoms with Crippen molar-refractivity contribution in [2.45, 2.75) is 32.7 Å². The average Bonchev–Trinajstić information content (AvgIpc) is 2.90. The van der Waals surface area contributed by atoms with Gasteiger partial charge in [-0.2, -0.15) is 0 Å². The van der Waals surface area contributed by atoms with E-state index in [0.29, 0.717) is 36.7 Å². The second kappa shape index (κ2) is 10.6. The van der Waals surface area contributed by atoms with Crippen molar-refractivity contribution in [3.63, 3.8) is 0 Å². The second-order valence-electron chi connectivity index (χ2n) is 5.11. The monoisotopic (exact) mass is 333 g/mol. The molecule has 0 aliphatic rings. The van der Waals surface area contributed by atoms with Gasteiger partial charge in [0.25, 0.3) is 5.91 Å². The van der Waals surface area contributed by atoms with E-state index in [1.54, 1.807) is 6.07 Å². The van der Waals surface area contributed by atoms with Crippen molar-refractivity contribution in [3.05, 3.63) is 22.4 Å². The minimum absolute atomic E-state index is 0. The number of nitrogens with one attached hydrogen (secondary N) is 2. The molecule has 0 saturated heterocycles. The summed E-state index contributed by atoms with van der Waals surface area (Å²) in [5.41, 5.74) is 5.76. The third-order valence-corrected chi connectivity index (χ3v) is 3.61. The maximum Gasteiger partial charge on any atom is 0.261 e. The number of carbonyl (C=O) groups excluding carboxylic acids is 2. The molecule has 0 saturated carbocycles. The number of amides is 2. The van der Waals surface area contributed by atoms with Crippen LogP contribution in [0.15, 0.2) is 17.5 Å². The summed E-state index contributed by atoms with van der Waals surface area (Å²) in [5, 5.41) is 7.46. The lowest BCUT2D eigenvalue weighted by Crippen LogP contribution is -2.42. The first-order valence-electron chi connectivity index (χ1n) is 6.85. The highest BCUT2D eigenvalue weighted by molar-refractivity contribution is 7.12. The molecule has 1 aromatic heterocycles. The van der Waals surface area contributed by atoms with Crippen molar-refractivity contribution in [3.8, 4) is 0 Å². The Morgan fingerprint density at radius 3 is 2.52 bits per heavy atom. The Balaban J connectivity index is 0.00000400. The fraction of sp³-hybridized carbons (Fsp3) is 0.571. The van der Waals surface area contributed by atoms with Crippen molar-refractivity contribution < 1.29 is 9.59 Å². The molecule has 1 atom stereocenters. The minimum atomic E-state index is -0.448. The molecule has 0 spiro atoms. The number of hydrogen-bond donors (Lipinski definition) is 3. The zero-order valence-electron chi connectivity index (χ0n) is 12.4. The van der Waals surface area contributed by atoms with Gasteiger partial charge < -0.3 is 16.4 Å². The minimum Gasteiger partial charge on any atom is -0.355 e. The zero-order valence-corrected chi connectivity index (χ0v) is 14.1. The lowest BCUT2D eigenvalue weighted by molar-refractivity contribution is -0.122. The molecular formula is C14H24ClN3O2S. The molecule has 0 unspecified atom stereocenters. The first-order valence-corrected chi connectivity index (χ1v) is 7.73. The smallest absolute Gasteiger partial charge is 0.261 e. The quantitative estimate of drug-likeness (QED) is 0.634. The normalized spacial score (nSPS) is 11.6. The highest BCUT2D eigenvalue weighted by Gasteiger charge is 2.14. The molecule has 1 aromatic rings. The fourth-order valence-electron chi connectivity index (χ4n) is 1.74. The Bertz CT molecular complexity index is 424. The molecule has 120 valence electrons. The van der Waals surface area contributed by atoms with Crippen LogP contribution in [-0.4, -0.2) is 30.9 Å². The van der Waals surface area contributed by atoms with Crippen LogP contribution in [0.5, 0.6) is 0 Å². The zero-order chi connectivity index (χ0) is 15.0. The van der Waals surface area contributed by atoms with Gasteiger partial charge >= 0.3 is 0 Å². The summed E-state index contributed by atoms with van der Waals surface area (Å²) in [5.74, 6) is 0.215. The molecule has 1 rings (SSSR count). The highest BCUT2D eigenvalue weighted by atomic mass is 35.5. The van der Waals surface area contributed by atoms with E-state index in [4.69, 9.17) is 5.73 Å². The third-order valence-electron chi connectivity index (χ3n) is 2.75. The molecule has 4 N–H and O–H groups in total. The molecular weight excluding hydrogens is 310 g/mol. The summed E-state index contributed by atoms with van der Waals surface area (Å²) in [6.45, 7) is 5.13. The first kappa shape index (κ1) is 19.9. The van der Waals surface area contributed by atoms with Gasteiger partial charge in [-0.1, -0.05) is 19.9 Å². The molecule has 0 radical (unpaired) electrons. The molecule has 2 amide bonds. The van der Waals surface area contributed by atoms with Gasteiger partial charge in [0, 0.05) is 13.1 Å². The number of thiophene rings is 1. The average molecular weight is 334 g/mol. The summed E-state index contributed by atoms with van der Waals surface area (Å²) >= 11 is 1.41. The Morgan fingerprint density at radius 1 is 1.29 bits per heavy atom. The van der Waals surface area contributed by atoms with Crippen LogP contribution in [-0.2, 0) is 4.79 Å². The molecule has 21 heavy (non-hydrogen) atoms. The van der Waals surface area contributed by atoms with Crippen molar-refractivity contribution >= 4 is 35.6 Å². The standard InChI is InChI=1S/C14H23N3O2S.ClH/c1-10(2)9-11(15)13(18)16-6-4-7-17-14(19)12-5-3-8-20-12;/h3,5,8,10-11H,4,6-7,9,15H2,1-2H3,(H,16,18)(H,17,19);1H/t11-;/m0./s1. The summed E-state index contributed by atoms with van der Waals surface area (Å²) in [6.07, 6.45) is 1.37. The van der Waals surface area contributed by atoms with E-state index < -0.39 is 6.04 Å². The van der Waals surface area contributed by atoms with Crippen LogP contribution in [0.4, 0.5) is 0 Å². The molecule has 0 aliphatic heterocycles. The van der Waals surface area contributed by atoms with Gasteiger partial charge in [-0.3, -0.25) is 9.59 Å². The molecule has 1 heterocycles. The van der Waals surface area contributed by atoms with E-state index in [1.807, 2.05) is 25.3 Å². The van der Waals surface area contributed by atoms with Crippen LogP contribution in [0.25, 0.3) is 0 Å². The van der Waals surface area contributed by atoms with Crippen LogP contribution in [0.1, 0.15) is 36.4 Å². The van der Waals surface area contributed by atoms with E-state index in [-0.39, 0.29) is 24.2 Å². The van der Waals surface area contributed by atoms with Crippen LogP contribution >= 0.6 is 23.7 Å². The van der Waals surface area contributed by atoms with Gasteiger partial charge in [0.15, 0.2) is 0 Å². The third kappa shape index (κ3) is 8.04. The maximum absolute atomic E-state index is 11.6. The summed E-state index contributed by atoms with van der Waals surface area (Å²) in [7, 11) is 0. The topological polar surface area (TPSA) is 84.2 Å². The van der Waals surface area contributed by atoms with Crippen molar-refractivity contribution in [2.75, 3.05) is 13.1 Å². The summed E-state index contributed by atoms with van der Waals surface area (Å²) in [6, 6.07) is 3.18. The van der Waals surface area contributed by atoms with Crippen molar-refractivity contribution in [1.82, 2.24) is 10.6 Å². The number of carbonyl (C=O) groups is 2. The van der Waals surface area contributed by atoms with Crippen molar-refractivity contribution in [1.29, 1.82) is 0 Å². The lowest BCUT2D eigenvalue weighted by atomic mass is 10.0. The Hall–Kier alpha value is -1.11. The van der Waals surface area contributed by atoms with E-state index >= 15 is 0 Å². The van der Waals surface area contributed by atoms with E-state index in [2.05, 4.69) is 10.6 Å². The molecule has 7 heteroatoms. The van der Waals surface area contributed by atoms with Crippen molar-refractivity contribution in [2.24, 2.45) is 11.7 Å². The van der Waals surface area contributed by atoms with Crippen LogP contribution in [0.2, 0.25) is 0 Å². The molecule has 0 fully saturated rings. The van der Waals surface area contributed by atoms with E-state index in [9.17, 15) is 9.59 Å². The van der Waals surface area contributed by atoms with E-state index in [1.165, 1.54) is 11.3 Å². The Kier molecular flexibility index (Phi) is 10.0. The Morgan fingerprint density at radius 2 is 1.95 bits per heavy atom. The van der Waals surface area contributed by atoms with Gasteiger partial charge in [0.2, 0.25) is 5.91 Å². The largest absolute Gasteiger partial charge is 0.355 e. The summed E-state index contributed by atoms with van der Waals surface area (Å²) < 4.78 is 0. The predicted octanol–water partition coefficient (Wildman–Crippen LogP) is 1.78. The van der Waals surface area contributed by atoms with Crippen LogP contribution < -0.4 is 16.4 Å². The molecule has 5 nitrogen and oxygen atoms in total. The van der Waals surface area contributed by atoms with Crippen LogP contribution in [0.3, 0.4) is 0 Å². The number of hydrogen-bond acceptors (Lipinski definition) is 4. The summed E-state index contributed by atoms with van der Waals surface area (Å²) in [4.78, 5) is 24.0. The maximum atomic E-state index is 11.6. The van der Waals surface area contributed by atoms with Crippen LogP contribution in [0, 0.1) is 5.92 Å². The first-order chi connectivity index (χ1) is 9.50. The lowest BCUT2D eigenvalue weighted by Gasteiger charge is -2.14. The SMILES string of the molecule is CC(C)C[C@H](N)C(=O)NCCCNC(=O)c1cccs1.Cl. The van der Waals surface area contributed by atoms with Gasteiger partial charge in [-0.25, -0.2) is 0 Å². The second-order valence-corrected chi connectivity index (χ2v) is 6.06. The fourth-order valence-corrected chi connectivity index (χ4v) is 2.38. The number of halogens is 1. The molecule has 0 bridgehead atoms. The molecule has 0 aliphatic carbocycles.